The van der Waals surface area contributed by atoms with Gasteiger partial charge >= 0.3 is 0 Å². The normalized spacial score (nSPS) is 19.5. The number of carbonyl (C=O) groups excluding carboxylic acids is 2. The minimum atomic E-state index is -0.0146. The molecule has 0 aliphatic heterocycles. The summed E-state index contributed by atoms with van der Waals surface area (Å²) in [4.78, 5) is 32.5. The maximum Gasteiger partial charge on any atom is 0.252 e. The lowest BCUT2D eigenvalue weighted by molar-refractivity contribution is -0.119. The van der Waals surface area contributed by atoms with E-state index in [2.05, 4.69) is 30.4 Å². The van der Waals surface area contributed by atoms with E-state index >= 15 is 0 Å². The molecule has 0 aromatic carbocycles. The predicted octanol–water partition coefficient (Wildman–Crippen LogP) is 3.87. The maximum atomic E-state index is 13.3. The number of aryl methyl sites for hydroxylation is 1. The number of rotatable bonds is 9. The quantitative estimate of drug-likeness (QED) is 0.486. The van der Waals surface area contributed by atoms with Crippen LogP contribution in [0.4, 0.5) is 11.8 Å². The standard InChI is InChI=1S/C25H28N6O2S/c32-19(16-6-7-16)12-21-23(24(33)27-13-15-4-5-15)18-11-17(8-9-20(18)34-21)31-14-28-30-25(31)29-22-3-1-2-10-26-22/h1-3,10,14-17H,4-9,11-13H2,(H,27,33)(H,26,29,30)/t17-/m0/s1. The number of anilines is 2. The Labute approximate surface area is 202 Å². The van der Waals surface area contributed by atoms with Crippen molar-refractivity contribution in [1.29, 1.82) is 0 Å². The number of hydrogen-bond donors (Lipinski definition) is 2. The number of ketones is 1. The van der Waals surface area contributed by atoms with Crippen molar-refractivity contribution >= 4 is 34.8 Å². The SMILES string of the molecule is O=C(NCC1CC1)c1c(CC(=O)C2CC2)sc2c1C[C@@H](n1cnnc1Nc1ccccn1)CC2. The lowest BCUT2D eigenvalue weighted by Crippen LogP contribution is -2.28. The van der Waals surface area contributed by atoms with Gasteiger partial charge in [0.25, 0.3) is 5.91 Å². The van der Waals surface area contributed by atoms with E-state index in [1.165, 1.54) is 17.7 Å². The Morgan fingerprint density at radius 2 is 2.03 bits per heavy atom. The van der Waals surface area contributed by atoms with Gasteiger partial charge < -0.3 is 10.6 Å². The zero-order valence-corrected chi connectivity index (χ0v) is 19.8. The van der Waals surface area contributed by atoms with Crippen LogP contribution in [0, 0.1) is 11.8 Å². The highest BCUT2D eigenvalue weighted by Gasteiger charge is 2.35. The number of thiophene rings is 1. The number of carbonyl (C=O) groups is 2. The fraction of sp³-hybridized carbons (Fsp3) is 0.480. The van der Waals surface area contributed by atoms with Gasteiger partial charge in [0, 0.05) is 40.9 Å². The molecule has 3 aliphatic rings. The Bertz CT molecular complexity index is 1210. The second-order valence-corrected chi connectivity index (χ2v) is 10.9. The van der Waals surface area contributed by atoms with Crippen LogP contribution in [0.2, 0.25) is 0 Å². The zero-order chi connectivity index (χ0) is 23.1. The summed E-state index contributed by atoms with van der Waals surface area (Å²) in [5.74, 6) is 2.44. The molecule has 6 rings (SSSR count). The summed E-state index contributed by atoms with van der Waals surface area (Å²) in [7, 11) is 0. The molecule has 2 fully saturated rings. The van der Waals surface area contributed by atoms with E-state index < -0.39 is 0 Å². The molecule has 0 spiro atoms. The van der Waals surface area contributed by atoms with Crippen molar-refractivity contribution in [3.05, 3.63) is 51.6 Å². The highest BCUT2D eigenvalue weighted by Crippen LogP contribution is 2.41. The molecule has 9 heteroatoms. The molecule has 1 amide bonds. The van der Waals surface area contributed by atoms with Crippen molar-refractivity contribution < 1.29 is 9.59 Å². The van der Waals surface area contributed by atoms with Crippen molar-refractivity contribution in [3.63, 3.8) is 0 Å². The topological polar surface area (TPSA) is 102 Å². The molecular weight excluding hydrogens is 448 g/mol. The molecule has 176 valence electrons. The van der Waals surface area contributed by atoms with Gasteiger partial charge in [-0.2, -0.15) is 0 Å². The van der Waals surface area contributed by atoms with Gasteiger partial charge in [-0.15, -0.1) is 21.5 Å². The van der Waals surface area contributed by atoms with Crippen molar-refractivity contribution in [1.82, 2.24) is 25.1 Å². The van der Waals surface area contributed by atoms with Gasteiger partial charge in [0.2, 0.25) is 5.95 Å². The smallest absolute Gasteiger partial charge is 0.252 e. The highest BCUT2D eigenvalue weighted by atomic mass is 32.1. The van der Waals surface area contributed by atoms with Crippen LogP contribution in [0.25, 0.3) is 0 Å². The van der Waals surface area contributed by atoms with Crippen molar-refractivity contribution in [3.8, 4) is 0 Å². The molecule has 2 saturated carbocycles. The molecule has 1 atom stereocenters. The minimum absolute atomic E-state index is 0.0146. The van der Waals surface area contributed by atoms with E-state index in [0.29, 0.717) is 24.1 Å². The summed E-state index contributed by atoms with van der Waals surface area (Å²) < 4.78 is 2.05. The molecular formula is C25H28N6O2S. The third-order valence-electron chi connectivity index (χ3n) is 7.02. The average Bonchev–Trinajstić information content (AvgIpc) is 3.77. The highest BCUT2D eigenvalue weighted by molar-refractivity contribution is 7.12. The van der Waals surface area contributed by atoms with E-state index in [0.717, 1.165) is 54.7 Å². The summed E-state index contributed by atoms with van der Waals surface area (Å²) in [6.45, 7) is 0.729. The molecule has 3 heterocycles. The number of nitrogens with zero attached hydrogens (tertiary/aromatic N) is 4. The monoisotopic (exact) mass is 476 g/mol. The van der Waals surface area contributed by atoms with Crippen molar-refractivity contribution in [2.75, 3.05) is 11.9 Å². The van der Waals surface area contributed by atoms with Gasteiger partial charge in [-0.05, 0) is 68.6 Å². The third kappa shape index (κ3) is 4.49. The van der Waals surface area contributed by atoms with E-state index in [1.807, 2.05) is 18.2 Å². The molecule has 34 heavy (non-hydrogen) atoms. The lowest BCUT2D eigenvalue weighted by atomic mass is 9.90. The van der Waals surface area contributed by atoms with Gasteiger partial charge in [0.1, 0.15) is 17.9 Å². The van der Waals surface area contributed by atoms with E-state index in [1.54, 1.807) is 23.9 Å². The van der Waals surface area contributed by atoms with Gasteiger partial charge in [-0.25, -0.2) is 4.98 Å². The summed E-state index contributed by atoms with van der Waals surface area (Å²) in [5, 5.41) is 14.8. The lowest BCUT2D eigenvalue weighted by Gasteiger charge is -2.25. The fourth-order valence-corrected chi connectivity index (χ4v) is 6.11. The Hall–Kier alpha value is -3.07. The largest absolute Gasteiger partial charge is 0.352 e. The van der Waals surface area contributed by atoms with Gasteiger partial charge in [0.15, 0.2) is 0 Å². The molecule has 3 aromatic rings. The summed E-state index contributed by atoms with van der Waals surface area (Å²) >= 11 is 1.67. The first-order valence-electron chi connectivity index (χ1n) is 12.2. The number of aromatic nitrogens is 4. The Balaban J connectivity index is 1.27. The average molecular weight is 477 g/mol. The van der Waals surface area contributed by atoms with Crippen molar-refractivity contribution in [2.45, 2.75) is 57.4 Å². The predicted molar refractivity (Wildman–Crippen MR) is 129 cm³/mol. The van der Waals surface area contributed by atoms with E-state index in [4.69, 9.17) is 0 Å². The first kappa shape index (κ1) is 21.5. The first-order chi connectivity index (χ1) is 16.7. The van der Waals surface area contributed by atoms with Gasteiger partial charge in [-0.1, -0.05) is 6.07 Å². The van der Waals surface area contributed by atoms with Gasteiger partial charge in [0.05, 0.1) is 5.56 Å². The van der Waals surface area contributed by atoms with Crippen LogP contribution in [-0.4, -0.2) is 38.0 Å². The molecule has 8 nitrogen and oxygen atoms in total. The van der Waals surface area contributed by atoms with Crippen LogP contribution < -0.4 is 10.6 Å². The minimum Gasteiger partial charge on any atom is -0.352 e. The van der Waals surface area contributed by atoms with Crippen LogP contribution in [0.3, 0.4) is 0 Å². The molecule has 0 radical (unpaired) electrons. The van der Waals surface area contributed by atoms with Crippen LogP contribution in [0.5, 0.6) is 0 Å². The molecule has 0 unspecified atom stereocenters. The van der Waals surface area contributed by atoms with E-state index in [-0.39, 0.29) is 23.7 Å². The summed E-state index contributed by atoms with van der Waals surface area (Å²) in [6.07, 6.45) is 10.8. The third-order valence-corrected chi connectivity index (χ3v) is 8.31. The summed E-state index contributed by atoms with van der Waals surface area (Å²) in [5.41, 5.74) is 1.86. The second kappa shape index (κ2) is 8.94. The number of pyridine rings is 1. The van der Waals surface area contributed by atoms with Crippen molar-refractivity contribution in [2.24, 2.45) is 11.8 Å². The number of Topliss-reactive ketones (excluding diaryl/α,β-unsaturated/α-hetero) is 1. The number of nitrogens with one attached hydrogen (secondary N) is 2. The Morgan fingerprint density at radius 3 is 2.79 bits per heavy atom. The Kier molecular flexibility index (Phi) is 5.64. The first-order valence-corrected chi connectivity index (χ1v) is 13.0. The van der Waals surface area contributed by atoms with Crippen LogP contribution in [0.1, 0.15) is 63.8 Å². The van der Waals surface area contributed by atoms with Gasteiger partial charge in [-0.3, -0.25) is 14.2 Å². The second-order valence-electron chi connectivity index (χ2n) is 9.67. The molecule has 3 aliphatic carbocycles. The number of amides is 1. The zero-order valence-electron chi connectivity index (χ0n) is 19.0. The molecule has 2 N–H and O–H groups in total. The number of hydrogen-bond acceptors (Lipinski definition) is 7. The number of fused-ring (bicyclic) bond motifs is 1. The fourth-order valence-electron chi connectivity index (χ4n) is 4.75. The summed E-state index contributed by atoms with van der Waals surface area (Å²) in [6, 6.07) is 5.81. The molecule has 3 aromatic heterocycles. The molecule has 0 bridgehead atoms. The molecule has 0 saturated heterocycles. The van der Waals surface area contributed by atoms with Crippen LogP contribution >= 0.6 is 11.3 Å². The van der Waals surface area contributed by atoms with Crippen LogP contribution in [0.15, 0.2) is 30.7 Å². The van der Waals surface area contributed by atoms with Crippen LogP contribution in [-0.2, 0) is 24.1 Å². The Morgan fingerprint density at radius 1 is 1.15 bits per heavy atom. The maximum absolute atomic E-state index is 13.3. The van der Waals surface area contributed by atoms with E-state index in [9.17, 15) is 9.59 Å².